The number of nitrogens with zero attached hydrogens (tertiary/aromatic N) is 3. The summed E-state index contributed by atoms with van der Waals surface area (Å²) in [6.07, 6.45) is 2.08. The van der Waals surface area contributed by atoms with Gasteiger partial charge in [0.05, 0.1) is 11.6 Å². The Labute approximate surface area is 203 Å². The number of benzene rings is 2. The summed E-state index contributed by atoms with van der Waals surface area (Å²) in [4.78, 5) is 41.9. The minimum atomic E-state index is -0.524. The third-order valence-corrected chi connectivity index (χ3v) is 7.05. The van der Waals surface area contributed by atoms with Gasteiger partial charge < -0.3 is 19.4 Å². The van der Waals surface area contributed by atoms with Crippen LogP contribution in [-0.2, 0) is 16.1 Å². The van der Waals surface area contributed by atoms with Crippen LogP contribution in [-0.4, -0.2) is 71.1 Å². The highest BCUT2D eigenvalue weighted by Gasteiger charge is 2.42. The minimum Gasteiger partial charge on any atom is -0.489 e. The first kappa shape index (κ1) is 23.2. The molecular weight excluding hydrogens is 448 g/mol. The predicted molar refractivity (Wildman–Crippen MR) is 130 cm³/mol. The van der Waals surface area contributed by atoms with Crippen molar-refractivity contribution in [2.75, 3.05) is 26.7 Å². The smallest absolute Gasteiger partial charge is 0.420 e. The lowest BCUT2D eigenvalue weighted by Gasteiger charge is -2.38. The lowest BCUT2D eigenvalue weighted by Crippen LogP contribution is -2.52. The maximum atomic E-state index is 13.0. The Bertz CT molecular complexity index is 1250. The van der Waals surface area contributed by atoms with Gasteiger partial charge in [-0.2, -0.15) is 0 Å². The number of hydrogen-bond acceptors (Lipinski definition) is 6. The van der Waals surface area contributed by atoms with Gasteiger partial charge in [-0.25, -0.2) is 4.79 Å². The molecule has 35 heavy (non-hydrogen) atoms. The molecule has 3 aromatic rings. The lowest BCUT2D eigenvalue weighted by molar-refractivity contribution is -0.134. The Kier molecular flexibility index (Phi) is 6.59. The number of carbonyl (C=O) groups is 2. The highest BCUT2D eigenvalue weighted by Crippen LogP contribution is 2.29. The second kappa shape index (κ2) is 9.95. The maximum absolute atomic E-state index is 13.0. The van der Waals surface area contributed by atoms with Crippen LogP contribution in [0.5, 0.6) is 5.75 Å². The van der Waals surface area contributed by atoms with Gasteiger partial charge in [0.15, 0.2) is 5.58 Å². The fraction of sp³-hybridized carbons (Fsp3) is 0.423. The average molecular weight is 479 g/mol. The average Bonchev–Trinajstić information content (AvgIpc) is 3.45. The molecule has 0 unspecified atom stereocenters. The van der Waals surface area contributed by atoms with Gasteiger partial charge in [0.2, 0.25) is 11.8 Å². The molecule has 0 aliphatic carbocycles. The standard InChI is InChI=1S/C26H30N4O5/c1-27-25(32)22-15-20(34-19-7-3-2-4-8-19)16-29(22)18-11-13-28(14-12-18)24(31)17-30-21-9-5-6-10-23(21)35-26(30)33/h2-10,18,20,22H,11-17H2,1H3,(H,27,32)/t20-,22-/m0/s1. The number of ether oxygens (including phenoxy) is 1. The first-order valence-corrected chi connectivity index (χ1v) is 12.1. The third kappa shape index (κ3) is 4.81. The van der Waals surface area contributed by atoms with Crippen molar-refractivity contribution in [3.8, 4) is 5.75 Å². The van der Waals surface area contributed by atoms with Crippen molar-refractivity contribution in [1.82, 2.24) is 19.7 Å². The molecule has 0 spiro atoms. The summed E-state index contributed by atoms with van der Waals surface area (Å²) in [5, 5.41) is 2.79. The summed E-state index contributed by atoms with van der Waals surface area (Å²) in [6.45, 7) is 1.78. The molecule has 9 heteroatoms. The van der Waals surface area contributed by atoms with Crippen LogP contribution in [0.25, 0.3) is 11.1 Å². The van der Waals surface area contributed by atoms with Crippen LogP contribution in [0.2, 0.25) is 0 Å². The number of piperidine rings is 1. The van der Waals surface area contributed by atoms with Gasteiger partial charge in [-0.05, 0) is 37.1 Å². The van der Waals surface area contributed by atoms with Crippen LogP contribution in [0.3, 0.4) is 0 Å². The van der Waals surface area contributed by atoms with Gasteiger partial charge in [0.25, 0.3) is 0 Å². The van der Waals surface area contributed by atoms with Crippen molar-refractivity contribution in [3.05, 3.63) is 65.1 Å². The van der Waals surface area contributed by atoms with E-state index in [0.29, 0.717) is 37.2 Å². The van der Waals surface area contributed by atoms with E-state index in [4.69, 9.17) is 9.15 Å². The van der Waals surface area contributed by atoms with E-state index in [1.54, 1.807) is 30.1 Å². The van der Waals surface area contributed by atoms with E-state index in [1.807, 2.05) is 36.4 Å². The second-order valence-electron chi connectivity index (χ2n) is 9.15. The highest BCUT2D eigenvalue weighted by atomic mass is 16.5. The monoisotopic (exact) mass is 478 g/mol. The highest BCUT2D eigenvalue weighted by molar-refractivity contribution is 5.82. The largest absolute Gasteiger partial charge is 0.489 e. The molecule has 9 nitrogen and oxygen atoms in total. The predicted octanol–water partition coefficient (Wildman–Crippen LogP) is 1.85. The quantitative estimate of drug-likeness (QED) is 0.581. The van der Waals surface area contributed by atoms with Crippen LogP contribution < -0.4 is 15.8 Å². The van der Waals surface area contributed by atoms with Crippen molar-refractivity contribution in [1.29, 1.82) is 0 Å². The fourth-order valence-corrected chi connectivity index (χ4v) is 5.27. The van der Waals surface area contributed by atoms with Crippen molar-refractivity contribution >= 4 is 22.9 Å². The number of para-hydroxylation sites is 3. The van der Waals surface area contributed by atoms with E-state index in [9.17, 15) is 14.4 Å². The molecule has 1 aromatic heterocycles. The molecule has 0 saturated carbocycles. The number of likely N-dealkylation sites (tertiary alicyclic amines) is 2. The van der Waals surface area contributed by atoms with Gasteiger partial charge in [0, 0.05) is 39.1 Å². The van der Waals surface area contributed by atoms with E-state index in [2.05, 4.69) is 10.2 Å². The zero-order valence-electron chi connectivity index (χ0n) is 19.8. The molecule has 2 atom stereocenters. The molecule has 2 aliphatic heterocycles. The van der Waals surface area contributed by atoms with Crippen LogP contribution in [0.15, 0.2) is 63.8 Å². The molecule has 2 amide bonds. The molecule has 184 valence electrons. The first-order valence-electron chi connectivity index (χ1n) is 12.1. The molecule has 2 saturated heterocycles. The van der Waals surface area contributed by atoms with Gasteiger partial charge >= 0.3 is 5.76 Å². The molecule has 2 aromatic carbocycles. The van der Waals surface area contributed by atoms with Gasteiger partial charge in [0.1, 0.15) is 18.4 Å². The Hall–Kier alpha value is -3.59. The second-order valence-corrected chi connectivity index (χ2v) is 9.15. The third-order valence-electron chi connectivity index (χ3n) is 7.05. The van der Waals surface area contributed by atoms with Crippen LogP contribution in [0, 0.1) is 0 Å². The lowest BCUT2D eigenvalue weighted by atomic mass is 10.0. The molecule has 5 rings (SSSR count). The molecule has 0 bridgehead atoms. The fourth-order valence-electron chi connectivity index (χ4n) is 5.27. The maximum Gasteiger partial charge on any atom is 0.420 e. The summed E-state index contributed by atoms with van der Waals surface area (Å²) < 4.78 is 12.8. The number of hydrogen-bond donors (Lipinski definition) is 1. The summed E-state index contributed by atoms with van der Waals surface area (Å²) in [6, 6.07) is 16.7. The molecular formula is C26H30N4O5. The topological polar surface area (TPSA) is 97.0 Å². The van der Waals surface area contributed by atoms with Crippen LogP contribution >= 0.6 is 0 Å². The van der Waals surface area contributed by atoms with E-state index in [1.165, 1.54) is 4.57 Å². The summed E-state index contributed by atoms with van der Waals surface area (Å²) in [5.74, 6) is 0.169. The number of aromatic nitrogens is 1. The van der Waals surface area contributed by atoms with E-state index >= 15 is 0 Å². The molecule has 2 fully saturated rings. The Balaban J connectivity index is 1.22. The number of fused-ring (bicyclic) bond motifs is 1. The first-order chi connectivity index (χ1) is 17.0. The van der Waals surface area contributed by atoms with Crippen molar-refractivity contribution in [2.24, 2.45) is 0 Å². The summed E-state index contributed by atoms with van der Waals surface area (Å²) in [7, 11) is 1.66. The molecule has 1 N–H and O–H groups in total. The Morgan fingerprint density at radius 2 is 1.77 bits per heavy atom. The van der Waals surface area contributed by atoms with Crippen molar-refractivity contribution < 1.29 is 18.7 Å². The molecule has 0 radical (unpaired) electrons. The number of amides is 2. The number of nitrogens with one attached hydrogen (secondary N) is 1. The number of carbonyl (C=O) groups excluding carboxylic acids is 2. The van der Waals surface area contributed by atoms with Gasteiger partial charge in [-0.1, -0.05) is 30.3 Å². The normalized spacial score (nSPS) is 21.3. The molecule has 3 heterocycles. The van der Waals surface area contributed by atoms with Crippen LogP contribution in [0.4, 0.5) is 0 Å². The van der Waals surface area contributed by atoms with Gasteiger partial charge in [-0.3, -0.25) is 19.1 Å². The zero-order valence-corrected chi connectivity index (χ0v) is 19.8. The summed E-state index contributed by atoms with van der Waals surface area (Å²) >= 11 is 0. The van der Waals surface area contributed by atoms with Crippen molar-refractivity contribution in [2.45, 2.75) is 44.0 Å². The van der Waals surface area contributed by atoms with Crippen LogP contribution in [0.1, 0.15) is 19.3 Å². The van der Waals surface area contributed by atoms with E-state index in [-0.39, 0.29) is 36.5 Å². The Morgan fingerprint density at radius 1 is 1.06 bits per heavy atom. The zero-order chi connectivity index (χ0) is 24.4. The SMILES string of the molecule is CNC(=O)[C@@H]1C[C@H](Oc2ccccc2)CN1C1CCN(C(=O)Cn2c(=O)oc3ccccc32)CC1. The van der Waals surface area contributed by atoms with E-state index in [0.717, 1.165) is 18.6 Å². The van der Waals surface area contributed by atoms with E-state index < -0.39 is 5.76 Å². The van der Waals surface area contributed by atoms with Gasteiger partial charge in [-0.15, -0.1) is 0 Å². The summed E-state index contributed by atoms with van der Waals surface area (Å²) in [5.41, 5.74) is 1.10. The Morgan fingerprint density at radius 3 is 2.51 bits per heavy atom. The number of rotatable bonds is 6. The van der Waals surface area contributed by atoms with Crippen molar-refractivity contribution in [3.63, 3.8) is 0 Å². The molecule has 2 aliphatic rings. The minimum absolute atomic E-state index is 0.00567. The number of oxazole rings is 1. The number of likely N-dealkylation sites (N-methyl/N-ethyl adjacent to an activating group) is 1.